The molecular formula is C16H23ClN2O. The summed E-state index contributed by atoms with van der Waals surface area (Å²) in [5.41, 5.74) is 2.41. The van der Waals surface area contributed by atoms with Gasteiger partial charge in [0.05, 0.1) is 16.8 Å². The molecule has 2 aliphatic rings. The lowest BCUT2D eigenvalue weighted by molar-refractivity contribution is 0.0821. The molecule has 1 heterocycles. The monoisotopic (exact) mass is 294 g/mol. The second-order valence-corrected chi connectivity index (χ2v) is 6.33. The first-order chi connectivity index (χ1) is 9.72. The van der Waals surface area contributed by atoms with Crippen LogP contribution < -0.4 is 10.2 Å². The van der Waals surface area contributed by atoms with E-state index in [1.165, 1.54) is 18.4 Å². The Hall–Kier alpha value is -0.770. The summed E-state index contributed by atoms with van der Waals surface area (Å²) < 4.78 is 5.70. The lowest BCUT2D eigenvalue weighted by atomic mass is 10.1. The second kappa shape index (κ2) is 6.33. The highest BCUT2D eigenvalue weighted by Gasteiger charge is 2.21. The molecule has 0 radical (unpaired) electrons. The minimum Gasteiger partial charge on any atom is -0.377 e. The van der Waals surface area contributed by atoms with E-state index in [0.29, 0.717) is 0 Å². The maximum Gasteiger partial charge on any atom is 0.0721 e. The summed E-state index contributed by atoms with van der Waals surface area (Å²) in [6.07, 6.45) is 3.96. The Kier molecular flexibility index (Phi) is 4.49. The molecule has 1 aliphatic carbocycles. The highest BCUT2D eigenvalue weighted by atomic mass is 35.5. The number of hydrogen-bond donors (Lipinski definition) is 1. The molecule has 2 fully saturated rings. The lowest BCUT2D eigenvalue weighted by Crippen LogP contribution is -2.30. The molecule has 0 bridgehead atoms. The standard InChI is InChI=1S/C16H23ClN2O/c1-12-11-19(7-2-8-20-12)16-6-3-13(9-15(16)17)10-18-14-4-5-14/h3,6,9,12,14,18H,2,4-5,7-8,10-11H2,1H3. The van der Waals surface area contributed by atoms with Gasteiger partial charge in [-0.15, -0.1) is 0 Å². The molecule has 1 aromatic carbocycles. The Morgan fingerprint density at radius 1 is 1.40 bits per heavy atom. The van der Waals surface area contributed by atoms with Crippen molar-refractivity contribution in [2.75, 3.05) is 24.6 Å². The Labute approximate surface area is 126 Å². The molecule has 1 saturated carbocycles. The van der Waals surface area contributed by atoms with Gasteiger partial charge in [-0.1, -0.05) is 17.7 Å². The van der Waals surface area contributed by atoms with E-state index in [2.05, 4.69) is 35.3 Å². The van der Waals surface area contributed by atoms with Crippen LogP contribution in [0.15, 0.2) is 18.2 Å². The Bertz CT molecular complexity index is 462. The largest absolute Gasteiger partial charge is 0.377 e. The average molecular weight is 295 g/mol. The lowest BCUT2D eigenvalue weighted by Gasteiger charge is -2.25. The van der Waals surface area contributed by atoms with Crippen LogP contribution in [0.5, 0.6) is 0 Å². The second-order valence-electron chi connectivity index (χ2n) is 5.92. The molecule has 1 aliphatic heterocycles. The van der Waals surface area contributed by atoms with Gasteiger partial charge in [0.2, 0.25) is 0 Å². The van der Waals surface area contributed by atoms with Crippen LogP contribution in [-0.2, 0) is 11.3 Å². The number of benzene rings is 1. The van der Waals surface area contributed by atoms with Crippen LogP contribution in [-0.4, -0.2) is 31.8 Å². The van der Waals surface area contributed by atoms with E-state index in [0.717, 1.165) is 49.4 Å². The third kappa shape index (κ3) is 3.66. The highest BCUT2D eigenvalue weighted by Crippen LogP contribution is 2.29. The first kappa shape index (κ1) is 14.2. The van der Waals surface area contributed by atoms with E-state index in [1.807, 2.05) is 0 Å². The van der Waals surface area contributed by atoms with Crippen LogP contribution in [0.25, 0.3) is 0 Å². The Morgan fingerprint density at radius 3 is 3.00 bits per heavy atom. The molecule has 4 heteroatoms. The Balaban J connectivity index is 1.68. The fourth-order valence-electron chi connectivity index (χ4n) is 2.68. The van der Waals surface area contributed by atoms with Crippen molar-refractivity contribution in [2.45, 2.75) is 44.9 Å². The zero-order valence-corrected chi connectivity index (χ0v) is 12.8. The SMILES string of the molecule is CC1CN(c2ccc(CNC3CC3)cc2Cl)CCCO1. The summed E-state index contributed by atoms with van der Waals surface area (Å²) in [6, 6.07) is 7.18. The molecule has 1 atom stereocenters. The average Bonchev–Trinajstić information content (AvgIpc) is 3.24. The summed E-state index contributed by atoms with van der Waals surface area (Å²) in [5.74, 6) is 0. The summed E-state index contributed by atoms with van der Waals surface area (Å²) in [4.78, 5) is 2.35. The Morgan fingerprint density at radius 2 is 2.25 bits per heavy atom. The number of nitrogens with zero attached hydrogens (tertiary/aromatic N) is 1. The van der Waals surface area contributed by atoms with E-state index < -0.39 is 0 Å². The molecule has 110 valence electrons. The number of anilines is 1. The minimum absolute atomic E-state index is 0.268. The molecule has 1 unspecified atom stereocenters. The summed E-state index contributed by atoms with van der Waals surface area (Å²) in [5, 5.41) is 4.38. The molecule has 0 amide bonds. The zero-order chi connectivity index (χ0) is 13.9. The van der Waals surface area contributed by atoms with Gasteiger partial charge in [-0.3, -0.25) is 0 Å². The fourth-order valence-corrected chi connectivity index (χ4v) is 3.00. The van der Waals surface area contributed by atoms with Gasteiger partial charge in [-0.25, -0.2) is 0 Å². The molecule has 1 saturated heterocycles. The van der Waals surface area contributed by atoms with Crippen molar-refractivity contribution in [1.82, 2.24) is 5.32 Å². The van der Waals surface area contributed by atoms with E-state index in [-0.39, 0.29) is 6.10 Å². The highest BCUT2D eigenvalue weighted by molar-refractivity contribution is 6.33. The van der Waals surface area contributed by atoms with Crippen LogP contribution in [0.4, 0.5) is 5.69 Å². The number of rotatable bonds is 4. The number of hydrogen-bond acceptors (Lipinski definition) is 3. The molecule has 3 nitrogen and oxygen atoms in total. The number of halogens is 1. The van der Waals surface area contributed by atoms with Crippen molar-refractivity contribution in [2.24, 2.45) is 0 Å². The smallest absolute Gasteiger partial charge is 0.0721 e. The summed E-state index contributed by atoms with van der Waals surface area (Å²) in [7, 11) is 0. The predicted octanol–water partition coefficient (Wildman–Crippen LogP) is 3.21. The summed E-state index contributed by atoms with van der Waals surface area (Å²) >= 11 is 6.48. The molecule has 1 aromatic rings. The van der Waals surface area contributed by atoms with E-state index in [9.17, 15) is 0 Å². The van der Waals surface area contributed by atoms with Gasteiger partial charge in [-0.05, 0) is 43.9 Å². The quantitative estimate of drug-likeness (QED) is 0.923. The van der Waals surface area contributed by atoms with Crippen molar-refractivity contribution >= 4 is 17.3 Å². The molecule has 0 aromatic heterocycles. The minimum atomic E-state index is 0.268. The first-order valence-corrected chi connectivity index (χ1v) is 7.98. The van der Waals surface area contributed by atoms with Gasteiger partial charge in [0.15, 0.2) is 0 Å². The molecule has 20 heavy (non-hydrogen) atoms. The van der Waals surface area contributed by atoms with Gasteiger partial charge in [0.1, 0.15) is 0 Å². The number of nitrogens with one attached hydrogen (secondary N) is 1. The van der Waals surface area contributed by atoms with Crippen molar-refractivity contribution in [3.63, 3.8) is 0 Å². The van der Waals surface area contributed by atoms with Gasteiger partial charge in [-0.2, -0.15) is 0 Å². The van der Waals surface area contributed by atoms with E-state index in [4.69, 9.17) is 16.3 Å². The van der Waals surface area contributed by atoms with Gasteiger partial charge in [0, 0.05) is 32.3 Å². The maximum absolute atomic E-state index is 6.48. The number of ether oxygens (including phenoxy) is 1. The zero-order valence-electron chi connectivity index (χ0n) is 12.1. The van der Waals surface area contributed by atoms with Crippen LogP contribution in [0, 0.1) is 0 Å². The third-order valence-corrected chi connectivity index (χ3v) is 4.28. The van der Waals surface area contributed by atoms with Crippen LogP contribution in [0.3, 0.4) is 0 Å². The normalized spacial score (nSPS) is 23.7. The van der Waals surface area contributed by atoms with Gasteiger partial charge >= 0.3 is 0 Å². The van der Waals surface area contributed by atoms with Crippen LogP contribution in [0.1, 0.15) is 31.7 Å². The van der Waals surface area contributed by atoms with E-state index in [1.54, 1.807) is 0 Å². The third-order valence-electron chi connectivity index (χ3n) is 3.98. The summed E-state index contributed by atoms with van der Waals surface area (Å²) in [6.45, 7) is 5.83. The van der Waals surface area contributed by atoms with Crippen molar-refractivity contribution < 1.29 is 4.74 Å². The first-order valence-electron chi connectivity index (χ1n) is 7.61. The molecule has 0 spiro atoms. The van der Waals surface area contributed by atoms with Crippen molar-refractivity contribution in [1.29, 1.82) is 0 Å². The molecule has 3 rings (SSSR count). The maximum atomic E-state index is 6.48. The van der Waals surface area contributed by atoms with E-state index >= 15 is 0 Å². The fraction of sp³-hybridized carbons (Fsp3) is 0.625. The van der Waals surface area contributed by atoms with Gasteiger partial charge in [0.25, 0.3) is 0 Å². The topological polar surface area (TPSA) is 24.5 Å². The van der Waals surface area contributed by atoms with Crippen LogP contribution >= 0.6 is 11.6 Å². The molecule has 1 N–H and O–H groups in total. The van der Waals surface area contributed by atoms with Crippen molar-refractivity contribution in [3.8, 4) is 0 Å². The van der Waals surface area contributed by atoms with Crippen LogP contribution in [0.2, 0.25) is 5.02 Å². The van der Waals surface area contributed by atoms with Gasteiger partial charge < -0.3 is 15.0 Å². The molecular weight excluding hydrogens is 272 g/mol. The predicted molar refractivity (Wildman–Crippen MR) is 83.6 cm³/mol. The van der Waals surface area contributed by atoms with Crippen molar-refractivity contribution in [3.05, 3.63) is 28.8 Å².